The summed E-state index contributed by atoms with van der Waals surface area (Å²) in [4.78, 5) is 26.0. The van der Waals surface area contributed by atoms with Crippen LogP contribution in [0.5, 0.6) is 11.5 Å². The highest BCUT2D eigenvalue weighted by atomic mass is 16.5. The highest BCUT2D eigenvalue weighted by Crippen LogP contribution is 2.34. The summed E-state index contributed by atoms with van der Waals surface area (Å²) >= 11 is 0. The molecule has 1 saturated heterocycles. The summed E-state index contributed by atoms with van der Waals surface area (Å²) in [6.45, 7) is 0.486. The van der Waals surface area contributed by atoms with Gasteiger partial charge in [-0.1, -0.05) is 30.3 Å². The van der Waals surface area contributed by atoms with Crippen molar-refractivity contribution in [3.05, 3.63) is 59.7 Å². The maximum absolute atomic E-state index is 12.8. The lowest BCUT2D eigenvalue weighted by atomic mass is 9.89. The first-order chi connectivity index (χ1) is 12.0. The molecule has 0 spiro atoms. The van der Waals surface area contributed by atoms with E-state index in [0.717, 1.165) is 5.56 Å². The van der Waals surface area contributed by atoms with Crippen molar-refractivity contribution in [2.75, 3.05) is 20.2 Å². The first-order valence-electron chi connectivity index (χ1n) is 7.95. The van der Waals surface area contributed by atoms with E-state index >= 15 is 0 Å². The van der Waals surface area contributed by atoms with Crippen LogP contribution in [0.15, 0.2) is 48.5 Å². The zero-order chi connectivity index (χ0) is 18.0. The molecule has 0 saturated carbocycles. The number of carbonyl (C=O) groups excluding carboxylic acids is 1. The lowest BCUT2D eigenvalue weighted by Gasteiger charge is -2.17. The van der Waals surface area contributed by atoms with Crippen LogP contribution in [-0.2, 0) is 4.79 Å². The Labute approximate surface area is 145 Å². The molecule has 1 fully saturated rings. The zero-order valence-corrected chi connectivity index (χ0v) is 13.8. The van der Waals surface area contributed by atoms with E-state index < -0.39 is 11.9 Å². The molecule has 0 radical (unpaired) electrons. The minimum absolute atomic E-state index is 0.0500. The van der Waals surface area contributed by atoms with Gasteiger partial charge >= 0.3 is 5.97 Å². The Morgan fingerprint density at radius 1 is 1.12 bits per heavy atom. The van der Waals surface area contributed by atoms with Gasteiger partial charge in [-0.15, -0.1) is 0 Å². The molecule has 3 rings (SSSR count). The molecule has 130 valence electrons. The Bertz CT molecular complexity index is 790. The SMILES string of the molecule is COc1cc(C(=O)N2C[C@@H](C(=O)O)[C@H](c3ccccc3)C2)ccc1O. The summed E-state index contributed by atoms with van der Waals surface area (Å²) in [5.74, 6) is -1.92. The molecule has 25 heavy (non-hydrogen) atoms. The van der Waals surface area contributed by atoms with Gasteiger partial charge in [-0.2, -0.15) is 0 Å². The minimum atomic E-state index is -0.910. The summed E-state index contributed by atoms with van der Waals surface area (Å²) in [6, 6.07) is 13.7. The molecule has 0 unspecified atom stereocenters. The van der Waals surface area contributed by atoms with Crippen molar-refractivity contribution >= 4 is 11.9 Å². The van der Waals surface area contributed by atoms with Gasteiger partial charge in [-0.3, -0.25) is 9.59 Å². The normalized spacial score (nSPS) is 19.6. The molecule has 0 bridgehead atoms. The molecule has 2 aromatic carbocycles. The number of nitrogens with zero attached hydrogens (tertiary/aromatic N) is 1. The van der Waals surface area contributed by atoms with Crippen molar-refractivity contribution in [1.29, 1.82) is 0 Å². The quantitative estimate of drug-likeness (QED) is 0.891. The molecule has 6 heteroatoms. The summed E-state index contributed by atoms with van der Waals surface area (Å²) < 4.78 is 5.03. The van der Waals surface area contributed by atoms with E-state index in [1.54, 1.807) is 4.90 Å². The van der Waals surface area contributed by atoms with Gasteiger partial charge in [0, 0.05) is 24.6 Å². The van der Waals surface area contributed by atoms with Gasteiger partial charge in [0.2, 0.25) is 0 Å². The number of aromatic hydroxyl groups is 1. The first kappa shape index (κ1) is 16.8. The number of phenolic OH excluding ortho intramolecular Hbond substituents is 1. The number of carboxylic acids is 1. The standard InChI is InChI=1S/C19H19NO5/c1-25-17-9-13(7-8-16(17)21)18(22)20-10-14(15(11-20)19(23)24)12-5-3-2-4-6-12/h2-9,14-15,21H,10-11H2,1H3,(H,23,24)/t14-,15+/m0/s1. The fourth-order valence-corrected chi connectivity index (χ4v) is 3.25. The maximum Gasteiger partial charge on any atom is 0.308 e. The van der Waals surface area contributed by atoms with E-state index in [2.05, 4.69) is 0 Å². The number of benzene rings is 2. The van der Waals surface area contributed by atoms with Crippen LogP contribution in [0.2, 0.25) is 0 Å². The Hall–Kier alpha value is -3.02. The second-order valence-electron chi connectivity index (χ2n) is 6.06. The molecule has 2 atom stereocenters. The van der Waals surface area contributed by atoms with Crippen molar-refractivity contribution < 1.29 is 24.5 Å². The number of carboxylic acid groups (broad SMARTS) is 1. The molecular weight excluding hydrogens is 322 g/mol. The predicted molar refractivity (Wildman–Crippen MR) is 90.9 cm³/mol. The number of amides is 1. The number of likely N-dealkylation sites (tertiary alicyclic amines) is 1. The number of ether oxygens (including phenoxy) is 1. The van der Waals surface area contributed by atoms with E-state index in [1.165, 1.54) is 25.3 Å². The van der Waals surface area contributed by atoms with Crippen LogP contribution in [-0.4, -0.2) is 47.2 Å². The van der Waals surface area contributed by atoms with Gasteiger partial charge in [-0.25, -0.2) is 0 Å². The van der Waals surface area contributed by atoms with Crippen molar-refractivity contribution in [1.82, 2.24) is 4.90 Å². The van der Waals surface area contributed by atoms with Crippen LogP contribution >= 0.6 is 0 Å². The molecule has 0 aromatic heterocycles. The monoisotopic (exact) mass is 341 g/mol. The molecule has 1 aliphatic rings. The van der Waals surface area contributed by atoms with E-state index in [4.69, 9.17) is 4.74 Å². The van der Waals surface area contributed by atoms with Crippen LogP contribution in [0.1, 0.15) is 21.8 Å². The van der Waals surface area contributed by atoms with Gasteiger partial charge in [0.15, 0.2) is 11.5 Å². The number of methoxy groups -OCH3 is 1. The molecular formula is C19H19NO5. The zero-order valence-electron chi connectivity index (χ0n) is 13.8. The third kappa shape index (κ3) is 3.28. The lowest BCUT2D eigenvalue weighted by molar-refractivity contribution is -0.141. The molecule has 0 aliphatic carbocycles. The number of hydrogen-bond donors (Lipinski definition) is 2. The lowest BCUT2D eigenvalue weighted by Crippen LogP contribution is -2.29. The second kappa shape index (κ2) is 6.84. The summed E-state index contributed by atoms with van der Waals surface area (Å²) in [7, 11) is 1.41. The average molecular weight is 341 g/mol. The van der Waals surface area contributed by atoms with E-state index in [9.17, 15) is 19.8 Å². The Kier molecular flexibility index (Phi) is 4.61. The molecule has 1 amide bonds. The smallest absolute Gasteiger partial charge is 0.308 e. The molecule has 2 aromatic rings. The summed E-state index contributed by atoms with van der Waals surface area (Å²) in [6.07, 6.45) is 0. The molecule has 6 nitrogen and oxygen atoms in total. The van der Waals surface area contributed by atoms with Gasteiger partial charge in [0.25, 0.3) is 5.91 Å². The number of aliphatic carboxylic acids is 1. The van der Waals surface area contributed by atoms with Gasteiger partial charge in [0.1, 0.15) is 0 Å². The van der Waals surface area contributed by atoms with Crippen molar-refractivity contribution in [3.8, 4) is 11.5 Å². The summed E-state index contributed by atoms with van der Waals surface area (Å²) in [5.41, 5.74) is 1.26. The first-order valence-corrected chi connectivity index (χ1v) is 7.95. The van der Waals surface area contributed by atoms with Crippen LogP contribution in [0.25, 0.3) is 0 Å². The Balaban J connectivity index is 1.86. The largest absolute Gasteiger partial charge is 0.504 e. The van der Waals surface area contributed by atoms with Crippen LogP contribution in [0.3, 0.4) is 0 Å². The van der Waals surface area contributed by atoms with Crippen molar-refractivity contribution in [2.24, 2.45) is 5.92 Å². The van der Waals surface area contributed by atoms with E-state index in [1.807, 2.05) is 30.3 Å². The molecule has 1 heterocycles. The van der Waals surface area contributed by atoms with Crippen molar-refractivity contribution in [2.45, 2.75) is 5.92 Å². The third-order valence-corrected chi connectivity index (χ3v) is 4.58. The Morgan fingerprint density at radius 3 is 2.48 bits per heavy atom. The fourth-order valence-electron chi connectivity index (χ4n) is 3.25. The van der Waals surface area contributed by atoms with E-state index in [-0.39, 0.29) is 29.9 Å². The van der Waals surface area contributed by atoms with Crippen LogP contribution < -0.4 is 4.74 Å². The Morgan fingerprint density at radius 2 is 1.84 bits per heavy atom. The van der Waals surface area contributed by atoms with Gasteiger partial charge < -0.3 is 19.8 Å². The third-order valence-electron chi connectivity index (χ3n) is 4.58. The minimum Gasteiger partial charge on any atom is -0.504 e. The van der Waals surface area contributed by atoms with Gasteiger partial charge in [0.05, 0.1) is 13.0 Å². The van der Waals surface area contributed by atoms with Crippen LogP contribution in [0.4, 0.5) is 0 Å². The fraction of sp³-hybridized carbons (Fsp3) is 0.263. The summed E-state index contributed by atoms with van der Waals surface area (Å²) in [5, 5.41) is 19.2. The maximum atomic E-state index is 12.8. The predicted octanol–water partition coefficient (Wildman–Crippen LogP) is 2.34. The van der Waals surface area contributed by atoms with Crippen LogP contribution in [0, 0.1) is 5.92 Å². The number of hydrogen-bond acceptors (Lipinski definition) is 4. The highest BCUT2D eigenvalue weighted by molar-refractivity contribution is 5.95. The highest BCUT2D eigenvalue weighted by Gasteiger charge is 2.40. The number of phenols is 1. The number of rotatable bonds is 4. The molecule has 2 N–H and O–H groups in total. The second-order valence-corrected chi connectivity index (χ2v) is 6.06. The number of carbonyl (C=O) groups is 2. The van der Waals surface area contributed by atoms with Gasteiger partial charge in [-0.05, 0) is 23.8 Å². The van der Waals surface area contributed by atoms with E-state index in [0.29, 0.717) is 12.1 Å². The average Bonchev–Trinajstić information content (AvgIpc) is 3.08. The molecule has 1 aliphatic heterocycles. The van der Waals surface area contributed by atoms with Crippen molar-refractivity contribution in [3.63, 3.8) is 0 Å². The topological polar surface area (TPSA) is 87.1 Å².